The van der Waals surface area contributed by atoms with Gasteiger partial charge in [0.15, 0.2) is 0 Å². The summed E-state index contributed by atoms with van der Waals surface area (Å²) in [7, 11) is 0. The van der Waals surface area contributed by atoms with Crippen LogP contribution in [0.2, 0.25) is 0 Å². The quantitative estimate of drug-likeness (QED) is 0.309. The Bertz CT molecular complexity index is 242. The van der Waals surface area contributed by atoms with Crippen molar-refractivity contribution >= 4 is 0 Å². The Morgan fingerprint density at radius 2 is 2.27 bits per heavy atom. The Morgan fingerprint density at radius 1 is 1.64 bits per heavy atom. The van der Waals surface area contributed by atoms with E-state index in [1.165, 1.54) is 12.2 Å². The third kappa shape index (κ3) is 1.86. The predicted molar refractivity (Wildman–Crippen MR) is 39.9 cm³/mol. The van der Waals surface area contributed by atoms with Gasteiger partial charge in [-0.1, -0.05) is 6.08 Å². The van der Waals surface area contributed by atoms with Gasteiger partial charge in [0, 0.05) is 6.08 Å². The number of hydrogen-bond donors (Lipinski definition) is 2. The fourth-order valence-electron chi connectivity index (χ4n) is 0.895. The molecule has 0 fully saturated rings. The highest BCUT2D eigenvalue weighted by molar-refractivity contribution is 5.21. The summed E-state index contributed by atoms with van der Waals surface area (Å²) in [6, 6.07) is 0. The molecule has 0 atom stereocenters. The van der Waals surface area contributed by atoms with Crippen molar-refractivity contribution in [3.63, 3.8) is 0 Å². The monoisotopic (exact) mass is 155 g/mol. The molecule has 0 bridgehead atoms. The molecule has 11 heavy (non-hydrogen) atoms. The summed E-state index contributed by atoms with van der Waals surface area (Å²) in [5.74, 6) is 0. The van der Waals surface area contributed by atoms with Crippen molar-refractivity contribution < 1.29 is 4.92 Å². The van der Waals surface area contributed by atoms with Crippen LogP contribution in [-0.2, 0) is 0 Å². The summed E-state index contributed by atoms with van der Waals surface area (Å²) >= 11 is 0. The van der Waals surface area contributed by atoms with Gasteiger partial charge in [-0.2, -0.15) is 0 Å². The largest absolute Gasteiger partial charge is 0.310 e. The summed E-state index contributed by atoms with van der Waals surface area (Å²) < 4.78 is 0. The Morgan fingerprint density at radius 3 is 2.64 bits per heavy atom. The van der Waals surface area contributed by atoms with E-state index in [0.29, 0.717) is 0 Å². The molecule has 0 spiro atoms. The maximum absolute atomic E-state index is 10.2. The first-order chi connectivity index (χ1) is 5.01. The maximum atomic E-state index is 10.2. The summed E-state index contributed by atoms with van der Waals surface area (Å²) in [4.78, 5) is 9.76. The Hall–Kier alpha value is -1.20. The van der Waals surface area contributed by atoms with E-state index in [2.05, 4.69) is 0 Å². The average molecular weight is 155 g/mol. The molecule has 0 saturated carbocycles. The van der Waals surface area contributed by atoms with Crippen LogP contribution in [0.25, 0.3) is 0 Å². The van der Waals surface area contributed by atoms with E-state index in [0.717, 1.165) is 0 Å². The highest BCUT2D eigenvalue weighted by atomic mass is 16.6. The average Bonchev–Trinajstić information content (AvgIpc) is 1.85. The van der Waals surface area contributed by atoms with Crippen LogP contribution < -0.4 is 11.5 Å². The predicted octanol–water partition coefficient (Wildman–Crippen LogP) is -0.279. The molecule has 0 aliphatic heterocycles. The van der Waals surface area contributed by atoms with Gasteiger partial charge >= 0.3 is 0 Å². The van der Waals surface area contributed by atoms with E-state index in [-0.39, 0.29) is 12.1 Å². The number of hydrogen-bond acceptors (Lipinski definition) is 4. The molecular formula is C6H9N3O2. The molecule has 0 aromatic rings. The van der Waals surface area contributed by atoms with Crippen LogP contribution in [-0.4, -0.2) is 10.6 Å². The minimum absolute atomic E-state index is 0.0532. The SMILES string of the molecule is NC1(N)C=CC=C([N+](=O)[O-])C1. The summed E-state index contributed by atoms with van der Waals surface area (Å²) in [5.41, 5.74) is 9.90. The van der Waals surface area contributed by atoms with Crippen molar-refractivity contribution in [2.75, 3.05) is 0 Å². The molecule has 5 nitrogen and oxygen atoms in total. The van der Waals surface area contributed by atoms with Gasteiger partial charge in [-0.3, -0.25) is 10.1 Å². The molecule has 0 saturated heterocycles. The van der Waals surface area contributed by atoms with Crippen molar-refractivity contribution in [3.8, 4) is 0 Å². The summed E-state index contributed by atoms with van der Waals surface area (Å²) in [6.07, 6.45) is 4.52. The van der Waals surface area contributed by atoms with E-state index in [1.807, 2.05) is 0 Å². The fraction of sp³-hybridized carbons (Fsp3) is 0.333. The van der Waals surface area contributed by atoms with Gasteiger partial charge in [0.05, 0.1) is 17.0 Å². The van der Waals surface area contributed by atoms with E-state index in [9.17, 15) is 10.1 Å². The van der Waals surface area contributed by atoms with Crippen LogP contribution in [0.5, 0.6) is 0 Å². The third-order valence-electron chi connectivity index (χ3n) is 1.42. The van der Waals surface area contributed by atoms with Crippen LogP contribution in [0.15, 0.2) is 23.9 Å². The van der Waals surface area contributed by atoms with Crippen molar-refractivity contribution in [2.45, 2.75) is 12.1 Å². The molecule has 0 amide bonds. The number of allylic oxidation sites excluding steroid dienone is 2. The Labute approximate surface area is 63.5 Å². The molecule has 0 heterocycles. The highest BCUT2D eigenvalue weighted by Crippen LogP contribution is 2.15. The van der Waals surface area contributed by atoms with Gasteiger partial charge in [0.2, 0.25) is 5.70 Å². The topological polar surface area (TPSA) is 95.2 Å². The molecule has 5 heteroatoms. The zero-order valence-electron chi connectivity index (χ0n) is 5.86. The third-order valence-corrected chi connectivity index (χ3v) is 1.42. The highest BCUT2D eigenvalue weighted by Gasteiger charge is 2.26. The molecule has 1 aliphatic rings. The van der Waals surface area contributed by atoms with Crippen molar-refractivity contribution in [3.05, 3.63) is 34.0 Å². The molecule has 4 N–H and O–H groups in total. The van der Waals surface area contributed by atoms with Gasteiger partial charge in [0.25, 0.3) is 0 Å². The number of nitro groups is 1. The molecule has 1 rings (SSSR count). The second-order valence-corrected chi connectivity index (χ2v) is 2.56. The maximum Gasteiger partial charge on any atom is 0.249 e. The Kier molecular flexibility index (Phi) is 1.76. The minimum Gasteiger partial charge on any atom is -0.310 e. The molecule has 0 aromatic carbocycles. The zero-order valence-corrected chi connectivity index (χ0v) is 5.86. The van der Waals surface area contributed by atoms with Crippen LogP contribution >= 0.6 is 0 Å². The van der Waals surface area contributed by atoms with Gasteiger partial charge < -0.3 is 11.5 Å². The first-order valence-electron chi connectivity index (χ1n) is 3.12. The lowest BCUT2D eigenvalue weighted by atomic mass is 10.0. The lowest BCUT2D eigenvalue weighted by Crippen LogP contribution is -2.48. The normalized spacial score (nSPS) is 21.1. The Balaban J connectivity index is 2.81. The van der Waals surface area contributed by atoms with Crippen molar-refractivity contribution in [2.24, 2.45) is 11.5 Å². The second kappa shape index (κ2) is 2.44. The molecule has 0 unspecified atom stereocenters. The van der Waals surface area contributed by atoms with Crippen molar-refractivity contribution in [1.82, 2.24) is 0 Å². The summed E-state index contributed by atoms with van der Waals surface area (Å²) in [6.45, 7) is 0. The van der Waals surface area contributed by atoms with Crippen LogP contribution in [0.3, 0.4) is 0 Å². The lowest BCUT2D eigenvalue weighted by molar-refractivity contribution is -0.429. The number of nitrogens with two attached hydrogens (primary N) is 2. The van der Waals surface area contributed by atoms with Crippen LogP contribution in [0, 0.1) is 10.1 Å². The standard InChI is InChI=1S/C6H9N3O2/c7-6(8)3-1-2-5(4-6)9(10)11/h1-3H,4,7-8H2. The fourth-order valence-corrected chi connectivity index (χ4v) is 0.895. The van der Waals surface area contributed by atoms with Gasteiger partial charge in [-0.25, -0.2) is 0 Å². The second-order valence-electron chi connectivity index (χ2n) is 2.56. The molecular weight excluding hydrogens is 146 g/mol. The van der Waals surface area contributed by atoms with Crippen LogP contribution in [0.1, 0.15) is 6.42 Å². The molecule has 0 radical (unpaired) electrons. The number of rotatable bonds is 1. The van der Waals surface area contributed by atoms with Gasteiger partial charge in [-0.05, 0) is 6.08 Å². The van der Waals surface area contributed by atoms with Crippen LogP contribution in [0.4, 0.5) is 0 Å². The van der Waals surface area contributed by atoms with E-state index >= 15 is 0 Å². The molecule has 0 aromatic heterocycles. The van der Waals surface area contributed by atoms with Crippen molar-refractivity contribution in [1.29, 1.82) is 0 Å². The van der Waals surface area contributed by atoms with Gasteiger partial charge in [-0.15, -0.1) is 0 Å². The minimum atomic E-state index is -1.06. The van der Waals surface area contributed by atoms with E-state index in [4.69, 9.17) is 11.5 Å². The van der Waals surface area contributed by atoms with E-state index < -0.39 is 10.6 Å². The number of nitrogens with zero attached hydrogens (tertiary/aromatic N) is 1. The lowest BCUT2D eigenvalue weighted by Gasteiger charge is -2.20. The molecule has 1 aliphatic carbocycles. The zero-order chi connectivity index (χ0) is 8.48. The van der Waals surface area contributed by atoms with E-state index in [1.54, 1.807) is 6.08 Å². The first-order valence-corrected chi connectivity index (χ1v) is 3.12. The summed E-state index contributed by atoms with van der Waals surface area (Å²) in [5, 5.41) is 10.2. The smallest absolute Gasteiger partial charge is 0.249 e. The van der Waals surface area contributed by atoms with Gasteiger partial charge in [0.1, 0.15) is 0 Å². The molecule has 60 valence electrons. The first kappa shape index (κ1) is 7.90.